The van der Waals surface area contributed by atoms with Crippen LogP contribution in [0.3, 0.4) is 0 Å². The number of pyridine rings is 2. The highest BCUT2D eigenvalue weighted by molar-refractivity contribution is 6.07. The van der Waals surface area contributed by atoms with Crippen molar-refractivity contribution in [3.63, 3.8) is 0 Å². The maximum Gasteiger partial charge on any atom is 0.340 e. The Morgan fingerprint density at radius 3 is 2.00 bits per heavy atom. The summed E-state index contributed by atoms with van der Waals surface area (Å²) in [4.78, 5) is 29.5. The number of carbonyl (C=O) groups excluding carboxylic acids is 2. The van der Waals surface area contributed by atoms with E-state index in [2.05, 4.69) is 4.98 Å². The van der Waals surface area contributed by atoms with Gasteiger partial charge in [0.1, 0.15) is 7.05 Å². The highest BCUT2D eigenvalue weighted by Crippen LogP contribution is 2.31. The van der Waals surface area contributed by atoms with Crippen LogP contribution in [0.1, 0.15) is 46.0 Å². The molecule has 0 saturated heterocycles. The fraction of sp³-hybridized carbons (Fsp3) is 0.368. The molecule has 0 fully saturated rings. The van der Waals surface area contributed by atoms with Crippen LogP contribution in [0.5, 0.6) is 0 Å². The van der Waals surface area contributed by atoms with Crippen LogP contribution in [0.25, 0.3) is 11.1 Å². The number of esters is 2. The summed E-state index contributed by atoms with van der Waals surface area (Å²) < 4.78 is 12.2. The van der Waals surface area contributed by atoms with Gasteiger partial charge in [-0.25, -0.2) is 14.2 Å². The summed E-state index contributed by atoms with van der Waals surface area (Å²) in [5.41, 5.74) is 2.85. The SMILES string of the molecule is CCOC(=O)c1c(C)nc(C)c(C(=O)OCC)c1-c1ccc[n+](C)c1. The van der Waals surface area contributed by atoms with Crippen molar-refractivity contribution in [2.45, 2.75) is 27.7 Å². The third kappa shape index (κ3) is 3.84. The van der Waals surface area contributed by atoms with Gasteiger partial charge in [0, 0.05) is 17.2 Å². The molecule has 132 valence electrons. The van der Waals surface area contributed by atoms with Gasteiger partial charge in [-0.15, -0.1) is 0 Å². The lowest BCUT2D eigenvalue weighted by atomic mass is 9.93. The first kappa shape index (κ1) is 18.6. The number of hydrogen-bond donors (Lipinski definition) is 0. The smallest absolute Gasteiger partial charge is 0.340 e. The molecule has 0 amide bonds. The molecule has 0 saturated carbocycles. The Kier molecular flexibility index (Phi) is 5.85. The zero-order valence-corrected chi connectivity index (χ0v) is 15.3. The van der Waals surface area contributed by atoms with Crippen molar-refractivity contribution in [3.8, 4) is 11.1 Å². The summed E-state index contributed by atoms with van der Waals surface area (Å²) in [6.45, 7) is 7.43. The number of aromatic nitrogens is 2. The Hall–Kier alpha value is -2.76. The fourth-order valence-corrected chi connectivity index (χ4v) is 2.78. The van der Waals surface area contributed by atoms with Crippen molar-refractivity contribution in [2.24, 2.45) is 7.05 Å². The Labute approximate surface area is 147 Å². The molecule has 2 aromatic rings. The number of aryl methyl sites for hydroxylation is 3. The first-order chi connectivity index (χ1) is 11.9. The molecule has 0 aliphatic rings. The van der Waals surface area contributed by atoms with Crippen molar-refractivity contribution in [1.82, 2.24) is 4.98 Å². The van der Waals surface area contributed by atoms with Gasteiger partial charge in [-0.05, 0) is 33.8 Å². The van der Waals surface area contributed by atoms with Gasteiger partial charge in [-0.2, -0.15) is 0 Å². The summed E-state index contributed by atoms with van der Waals surface area (Å²) in [7, 11) is 1.87. The van der Waals surface area contributed by atoms with Gasteiger partial charge in [0.25, 0.3) is 0 Å². The fourth-order valence-electron chi connectivity index (χ4n) is 2.78. The van der Waals surface area contributed by atoms with Crippen molar-refractivity contribution in [1.29, 1.82) is 0 Å². The summed E-state index contributed by atoms with van der Waals surface area (Å²) in [5.74, 6) is -1.00. The molecule has 0 bridgehead atoms. The number of rotatable bonds is 5. The van der Waals surface area contributed by atoms with Crippen LogP contribution in [0.2, 0.25) is 0 Å². The van der Waals surface area contributed by atoms with E-state index >= 15 is 0 Å². The molecule has 6 nitrogen and oxygen atoms in total. The van der Waals surface area contributed by atoms with Gasteiger partial charge in [0.05, 0.1) is 35.7 Å². The molecule has 6 heteroatoms. The molecule has 0 N–H and O–H groups in total. The van der Waals surface area contributed by atoms with Gasteiger partial charge in [0.2, 0.25) is 0 Å². The topological polar surface area (TPSA) is 69.4 Å². The molecule has 0 atom stereocenters. The van der Waals surface area contributed by atoms with Crippen LogP contribution in [0, 0.1) is 13.8 Å². The minimum atomic E-state index is -0.500. The largest absolute Gasteiger partial charge is 0.462 e. The second kappa shape index (κ2) is 7.88. The van der Waals surface area contributed by atoms with Crippen LogP contribution in [0.15, 0.2) is 24.5 Å². The number of ether oxygens (including phenoxy) is 2. The van der Waals surface area contributed by atoms with E-state index in [1.54, 1.807) is 27.7 Å². The molecule has 25 heavy (non-hydrogen) atoms. The molecule has 0 aliphatic heterocycles. The van der Waals surface area contributed by atoms with Crippen molar-refractivity contribution >= 4 is 11.9 Å². The van der Waals surface area contributed by atoms with E-state index in [1.807, 2.05) is 36.1 Å². The highest BCUT2D eigenvalue weighted by atomic mass is 16.5. The predicted molar refractivity (Wildman–Crippen MR) is 92.2 cm³/mol. The Bertz CT molecular complexity index is 773. The first-order valence-electron chi connectivity index (χ1n) is 8.21. The van der Waals surface area contributed by atoms with Gasteiger partial charge in [-0.1, -0.05) is 0 Å². The Morgan fingerprint density at radius 2 is 1.56 bits per heavy atom. The maximum atomic E-state index is 12.6. The lowest BCUT2D eigenvalue weighted by molar-refractivity contribution is -0.671. The maximum absolute atomic E-state index is 12.6. The second-order valence-corrected chi connectivity index (χ2v) is 5.61. The van der Waals surface area contributed by atoms with Crippen LogP contribution < -0.4 is 4.57 Å². The number of nitrogens with zero attached hydrogens (tertiary/aromatic N) is 2. The molecule has 2 rings (SSSR count). The van der Waals surface area contributed by atoms with Gasteiger partial charge in [-0.3, -0.25) is 4.98 Å². The van der Waals surface area contributed by atoms with Crippen LogP contribution >= 0.6 is 0 Å². The second-order valence-electron chi connectivity index (χ2n) is 5.61. The van der Waals surface area contributed by atoms with Crippen molar-refractivity contribution in [2.75, 3.05) is 13.2 Å². The van der Waals surface area contributed by atoms with Crippen LogP contribution in [-0.4, -0.2) is 30.1 Å². The molecule has 0 aliphatic carbocycles. The lowest BCUT2D eigenvalue weighted by Gasteiger charge is -2.17. The first-order valence-corrected chi connectivity index (χ1v) is 8.21. The molecule has 0 spiro atoms. The van der Waals surface area contributed by atoms with Crippen LogP contribution in [0.4, 0.5) is 0 Å². The van der Waals surface area contributed by atoms with Crippen molar-refractivity contribution < 1.29 is 23.6 Å². The predicted octanol–water partition coefficient (Wildman–Crippen LogP) is 2.54. The summed E-state index contributed by atoms with van der Waals surface area (Å²) >= 11 is 0. The average Bonchev–Trinajstić information content (AvgIpc) is 2.54. The summed E-state index contributed by atoms with van der Waals surface area (Å²) in [6.07, 6.45) is 3.72. The number of carbonyl (C=O) groups is 2. The minimum Gasteiger partial charge on any atom is -0.462 e. The molecule has 0 unspecified atom stereocenters. The zero-order chi connectivity index (χ0) is 18.6. The van der Waals surface area contributed by atoms with E-state index in [1.165, 1.54) is 0 Å². The molecule has 0 radical (unpaired) electrons. The van der Waals surface area contributed by atoms with E-state index in [4.69, 9.17) is 9.47 Å². The third-order valence-electron chi connectivity index (χ3n) is 3.75. The quantitative estimate of drug-likeness (QED) is 0.616. The van der Waals surface area contributed by atoms with E-state index in [9.17, 15) is 9.59 Å². The van der Waals surface area contributed by atoms with Crippen molar-refractivity contribution in [3.05, 3.63) is 47.0 Å². The Balaban J connectivity index is 2.85. The molecular formula is C19H23N2O4+. The molecule has 2 heterocycles. The van der Waals surface area contributed by atoms with Crippen LogP contribution in [-0.2, 0) is 16.5 Å². The van der Waals surface area contributed by atoms with E-state index in [0.29, 0.717) is 28.1 Å². The van der Waals surface area contributed by atoms with Gasteiger partial charge in [0.15, 0.2) is 12.4 Å². The summed E-state index contributed by atoms with van der Waals surface area (Å²) in [6, 6.07) is 3.70. The molecule has 2 aromatic heterocycles. The highest BCUT2D eigenvalue weighted by Gasteiger charge is 2.28. The average molecular weight is 343 g/mol. The summed E-state index contributed by atoms with van der Waals surface area (Å²) in [5, 5.41) is 0. The zero-order valence-electron chi connectivity index (χ0n) is 15.3. The minimum absolute atomic E-state index is 0.239. The van der Waals surface area contributed by atoms with Gasteiger partial charge < -0.3 is 9.47 Å². The Morgan fingerprint density at radius 1 is 1.04 bits per heavy atom. The van der Waals surface area contributed by atoms with Gasteiger partial charge >= 0.3 is 11.9 Å². The van der Waals surface area contributed by atoms with E-state index < -0.39 is 11.9 Å². The monoisotopic (exact) mass is 343 g/mol. The lowest BCUT2D eigenvalue weighted by Crippen LogP contribution is -2.27. The normalized spacial score (nSPS) is 10.4. The van der Waals surface area contributed by atoms with E-state index in [0.717, 1.165) is 5.56 Å². The van der Waals surface area contributed by atoms with E-state index in [-0.39, 0.29) is 13.2 Å². The standard InChI is InChI=1S/C19H23N2O4/c1-6-24-18(22)15-12(3)20-13(4)16(19(23)25-7-2)17(15)14-9-8-10-21(5)11-14/h8-11H,6-7H2,1-5H3/q+1. The molecular weight excluding hydrogens is 320 g/mol. The number of hydrogen-bond acceptors (Lipinski definition) is 5. The third-order valence-corrected chi connectivity index (χ3v) is 3.75. The molecule has 0 aromatic carbocycles.